The maximum Gasteiger partial charge on any atom is 0.250 e. The van der Waals surface area contributed by atoms with Gasteiger partial charge in [-0.1, -0.05) is 0 Å². The number of pyridine rings is 1. The van der Waals surface area contributed by atoms with Gasteiger partial charge < -0.3 is 4.90 Å². The molecule has 0 saturated heterocycles. The van der Waals surface area contributed by atoms with Crippen molar-refractivity contribution in [3.05, 3.63) is 37.1 Å². The Hall–Kier alpha value is -1.84. The fraction of sp³-hybridized carbons (Fsp3) is 0.273. The van der Waals surface area contributed by atoms with Crippen LogP contribution in [0.25, 0.3) is 5.82 Å². The number of anilines is 1. The first-order valence-electron chi connectivity index (χ1n) is 4.84. The molecule has 0 amide bonds. The van der Waals surface area contributed by atoms with Crippen LogP contribution in [-0.4, -0.2) is 23.6 Å². The molecule has 4 nitrogen and oxygen atoms in total. The van der Waals surface area contributed by atoms with E-state index in [4.69, 9.17) is 0 Å². The van der Waals surface area contributed by atoms with Crippen LogP contribution in [0.4, 0.5) is 5.69 Å². The molecule has 2 aromatic heterocycles. The van der Waals surface area contributed by atoms with E-state index in [-0.39, 0.29) is 0 Å². The first kappa shape index (κ1) is 9.71. The van der Waals surface area contributed by atoms with Gasteiger partial charge in [0.05, 0.1) is 7.05 Å². The van der Waals surface area contributed by atoms with E-state index in [1.165, 1.54) is 0 Å². The highest BCUT2D eigenvalue weighted by molar-refractivity contribution is 5.48. The summed E-state index contributed by atoms with van der Waals surface area (Å²) in [7, 11) is 6.04. The van der Waals surface area contributed by atoms with Gasteiger partial charge in [0, 0.05) is 32.0 Å². The van der Waals surface area contributed by atoms with Crippen molar-refractivity contribution < 1.29 is 4.57 Å². The van der Waals surface area contributed by atoms with Gasteiger partial charge in [0.25, 0.3) is 0 Å². The van der Waals surface area contributed by atoms with Gasteiger partial charge in [-0.25, -0.2) is 9.55 Å². The van der Waals surface area contributed by atoms with Crippen molar-refractivity contribution in [2.75, 3.05) is 19.0 Å². The molecule has 0 spiro atoms. The highest BCUT2D eigenvalue weighted by Gasteiger charge is 2.06. The van der Waals surface area contributed by atoms with Crippen molar-refractivity contribution in [3.8, 4) is 5.82 Å². The molecular weight excluding hydrogens is 188 g/mol. The lowest BCUT2D eigenvalue weighted by Crippen LogP contribution is -2.23. The second-order valence-corrected chi connectivity index (χ2v) is 3.75. The highest BCUT2D eigenvalue weighted by Crippen LogP contribution is 2.13. The molecule has 0 fully saturated rings. The number of hydrogen-bond acceptors (Lipinski definition) is 2. The van der Waals surface area contributed by atoms with Crippen molar-refractivity contribution >= 4 is 5.69 Å². The Balaban J connectivity index is 2.41. The molecule has 0 aliphatic carbocycles. The standard InChI is InChI=1S/C11H15N4/c1-13(2)10-4-5-12-11(8-10)15-7-6-14(3)9-15/h4-9H,1-3H3/q+1. The van der Waals surface area contributed by atoms with E-state index in [1.54, 1.807) is 0 Å². The van der Waals surface area contributed by atoms with Gasteiger partial charge in [-0.05, 0) is 6.07 Å². The lowest BCUT2D eigenvalue weighted by Gasteiger charge is -2.11. The quantitative estimate of drug-likeness (QED) is 0.673. The molecule has 2 rings (SSSR count). The summed E-state index contributed by atoms with van der Waals surface area (Å²) in [4.78, 5) is 6.39. The first-order chi connectivity index (χ1) is 7.16. The molecule has 0 radical (unpaired) electrons. The van der Waals surface area contributed by atoms with E-state index in [0.717, 1.165) is 11.5 Å². The van der Waals surface area contributed by atoms with Gasteiger partial charge in [0.2, 0.25) is 12.1 Å². The Kier molecular flexibility index (Phi) is 2.41. The van der Waals surface area contributed by atoms with Crippen molar-refractivity contribution in [2.45, 2.75) is 0 Å². The maximum atomic E-state index is 4.33. The zero-order valence-electron chi connectivity index (χ0n) is 9.25. The summed E-state index contributed by atoms with van der Waals surface area (Å²) in [5.41, 5.74) is 1.15. The second-order valence-electron chi connectivity index (χ2n) is 3.75. The fourth-order valence-corrected chi connectivity index (χ4v) is 1.41. The van der Waals surface area contributed by atoms with Crippen molar-refractivity contribution in [2.24, 2.45) is 7.05 Å². The molecule has 0 bridgehead atoms. The SMILES string of the molecule is CN(C)c1ccnc(-n2cc[n+](C)c2)c1. The average molecular weight is 203 g/mol. The third-order valence-corrected chi connectivity index (χ3v) is 2.28. The Morgan fingerprint density at radius 1 is 1.40 bits per heavy atom. The molecule has 78 valence electrons. The van der Waals surface area contributed by atoms with E-state index in [9.17, 15) is 0 Å². The molecule has 0 atom stereocenters. The summed E-state index contributed by atoms with van der Waals surface area (Å²) in [6.45, 7) is 0. The third kappa shape index (κ3) is 1.98. The molecule has 0 aliphatic heterocycles. The fourth-order valence-electron chi connectivity index (χ4n) is 1.41. The zero-order chi connectivity index (χ0) is 10.8. The van der Waals surface area contributed by atoms with Crippen LogP contribution in [0, 0.1) is 0 Å². The molecular formula is C11H15N4+. The van der Waals surface area contributed by atoms with Crippen LogP contribution in [-0.2, 0) is 7.05 Å². The van der Waals surface area contributed by atoms with E-state index in [2.05, 4.69) is 16.0 Å². The van der Waals surface area contributed by atoms with Gasteiger partial charge in [-0.15, -0.1) is 0 Å². The number of aromatic nitrogens is 3. The van der Waals surface area contributed by atoms with Crippen LogP contribution < -0.4 is 9.47 Å². The van der Waals surface area contributed by atoms with Crippen LogP contribution in [0.3, 0.4) is 0 Å². The second kappa shape index (κ2) is 3.73. The highest BCUT2D eigenvalue weighted by atomic mass is 15.1. The number of imidazole rings is 1. The number of aryl methyl sites for hydroxylation is 1. The van der Waals surface area contributed by atoms with Crippen LogP contribution >= 0.6 is 0 Å². The van der Waals surface area contributed by atoms with Gasteiger partial charge >= 0.3 is 0 Å². The van der Waals surface area contributed by atoms with Crippen LogP contribution in [0.2, 0.25) is 0 Å². The van der Waals surface area contributed by atoms with Gasteiger partial charge in [0.1, 0.15) is 12.4 Å². The summed E-state index contributed by atoms with van der Waals surface area (Å²) < 4.78 is 3.98. The van der Waals surface area contributed by atoms with E-state index in [1.807, 2.05) is 61.3 Å². The number of nitrogens with zero attached hydrogens (tertiary/aromatic N) is 4. The van der Waals surface area contributed by atoms with E-state index >= 15 is 0 Å². The lowest BCUT2D eigenvalue weighted by molar-refractivity contribution is -0.670. The molecule has 2 aromatic rings. The van der Waals surface area contributed by atoms with Crippen molar-refractivity contribution in [1.29, 1.82) is 0 Å². The number of hydrogen-bond donors (Lipinski definition) is 0. The predicted octanol–water partition coefficient (Wildman–Crippen LogP) is 0.763. The lowest BCUT2D eigenvalue weighted by atomic mass is 10.3. The van der Waals surface area contributed by atoms with Crippen molar-refractivity contribution in [1.82, 2.24) is 9.55 Å². The average Bonchev–Trinajstić information content (AvgIpc) is 2.65. The Labute approximate surface area is 89.4 Å². The molecule has 0 aromatic carbocycles. The molecule has 4 heteroatoms. The van der Waals surface area contributed by atoms with Gasteiger partial charge in [-0.3, -0.25) is 0 Å². The minimum Gasteiger partial charge on any atom is -0.377 e. The van der Waals surface area contributed by atoms with Crippen LogP contribution in [0.15, 0.2) is 37.1 Å². The summed E-state index contributed by atoms with van der Waals surface area (Å²) in [6, 6.07) is 4.05. The number of rotatable bonds is 2. The maximum absolute atomic E-state index is 4.33. The summed E-state index contributed by atoms with van der Waals surface area (Å²) in [5, 5.41) is 0. The van der Waals surface area contributed by atoms with Crippen molar-refractivity contribution in [3.63, 3.8) is 0 Å². The van der Waals surface area contributed by atoms with Gasteiger partial charge in [-0.2, -0.15) is 4.57 Å². The summed E-state index contributed by atoms with van der Waals surface area (Å²) in [5.74, 6) is 0.932. The molecule has 0 aliphatic rings. The smallest absolute Gasteiger partial charge is 0.250 e. The van der Waals surface area contributed by atoms with Crippen LogP contribution in [0.1, 0.15) is 0 Å². The topological polar surface area (TPSA) is 24.9 Å². The van der Waals surface area contributed by atoms with Gasteiger partial charge in [0.15, 0.2) is 0 Å². The van der Waals surface area contributed by atoms with E-state index in [0.29, 0.717) is 0 Å². The first-order valence-corrected chi connectivity index (χ1v) is 4.84. The Bertz CT molecular complexity index is 459. The molecule has 0 unspecified atom stereocenters. The Morgan fingerprint density at radius 3 is 2.80 bits per heavy atom. The minimum atomic E-state index is 0.932. The van der Waals surface area contributed by atoms with Crippen LogP contribution in [0.5, 0.6) is 0 Å². The summed E-state index contributed by atoms with van der Waals surface area (Å²) >= 11 is 0. The molecule has 15 heavy (non-hydrogen) atoms. The third-order valence-electron chi connectivity index (χ3n) is 2.28. The molecule has 2 heterocycles. The van der Waals surface area contributed by atoms with E-state index < -0.39 is 0 Å². The summed E-state index contributed by atoms with van der Waals surface area (Å²) in [6.07, 6.45) is 7.79. The minimum absolute atomic E-state index is 0.932. The normalized spacial score (nSPS) is 10.3. The molecule has 0 saturated carbocycles. The monoisotopic (exact) mass is 203 g/mol. The zero-order valence-corrected chi connectivity index (χ0v) is 9.25. The predicted molar refractivity (Wildman–Crippen MR) is 59.1 cm³/mol. The molecule has 0 N–H and O–H groups in total. The largest absolute Gasteiger partial charge is 0.377 e. The Morgan fingerprint density at radius 2 is 2.20 bits per heavy atom.